The van der Waals surface area contributed by atoms with Crippen LogP contribution in [0.2, 0.25) is 0 Å². The number of carboxylic acid groups (broad SMARTS) is 1. The number of carbonyl (C=O) groups excluding carboxylic acids is 1. The molecule has 8 heteroatoms. The quantitative estimate of drug-likeness (QED) is 0.312. The second-order valence-corrected chi connectivity index (χ2v) is 8.92. The van der Waals surface area contributed by atoms with Crippen LogP contribution < -0.4 is 15.5 Å². The molecule has 0 radical (unpaired) electrons. The van der Waals surface area contributed by atoms with E-state index < -0.39 is 23.6 Å². The molecule has 0 aromatic heterocycles. The lowest BCUT2D eigenvalue weighted by molar-refractivity contribution is 0.0697. The van der Waals surface area contributed by atoms with Crippen molar-refractivity contribution < 1.29 is 23.5 Å². The van der Waals surface area contributed by atoms with Gasteiger partial charge in [0.1, 0.15) is 11.6 Å². The minimum absolute atomic E-state index is 0.0344. The van der Waals surface area contributed by atoms with Crippen LogP contribution in [0.4, 0.5) is 30.6 Å². The van der Waals surface area contributed by atoms with Crippen LogP contribution in [0, 0.1) is 11.6 Å². The van der Waals surface area contributed by atoms with Crippen molar-refractivity contribution in [1.82, 2.24) is 0 Å². The molecule has 0 spiro atoms. The van der Waals surface area contributed by atoms with Crippen LogP contribution in [0.5, 0.6) is 0 Å². The number of nitrogens with zero attached hydrogens (tertiary/aromatic N) is 1. The largest absolute Gasteiger partial charge is 0.478 e. The Morgan fingerprint density at radius 1 is 0.972 bits per heavy atom. The molecule has 3 N–H and O–H groups in total. The maximum absolute atomic E-state index is 14.1. The highest BCUT2D eigenvalue weighted by molar-refractivity contribution is 6.03. The Hall–Kier alpha value is -3.94. The first-order chi connectivity index (χ1) is 17.4. The summed E-state index contributed by atoms with van der Waals surface area (Å²) in [6.45, 7) is 2.86. The molecule has 0 atom stereocenters. The number of benzene rings is 3. The number of hydrogen-bond acceptors (Lipinski definition) is 3. The summed E-state index contributed by atoms with van der Waals surface area (Å²) in [6, 6.07) is 14.3. The van der Waals surface area contributed by atoms with Crippen molar-refractivity contribution in [2.45, 2.75) is 45.1 Å². The Balaban J connectivity index is 1.76. The average molecular weight is 494 g/mol. The Morgan fingerprint density at radius 3 is 2.39 bits per heavy atom. The first-order valence-corrected chi connectivity index (χ1v) is 12.1. The van der Waals surface area contributed by atoms with Crippen molar-refractivity contribution in [2.24, 2.45) is 0 Å². The zero-order valence-electron chi connectivity index (χ0n) is 20.1. The monoisotopic (exact) mass is 493 g/mol. The zero-order valence-corrected chi connectivity index (χ0v) is 20.1. The maximum Gasteiger partial charge on any atom is 0.336 e. The minimum atomic E-state index is -1.18. The van der Waals surface area contributed by atoms with Crippen molar-refractivity contribution in [3.8, 4) is 11.1 Å². The van der Waals surface area contributed by atoms with Gasteiger partial charge in [0.2, 0.25) is 0 Å². The molecule has 0 bridgehead atoms. The van der Waals surface area contributed by atoms with Crippen LogP contribution >= 0.6 is 0 Å². The van der Waals surface area contributed by atoms with E-state index in [1.54, 1.807) is 18.2 Å². The topological polar surface area (TPSA) is 81.7 Å². The number of rotatable bonds is 8. The third-order valence-corrected chi connectivity index (χ3v) is 6.43. The van der Waals surface area contributed by atoms with Crippen LogP contribution in [-0.4, -0.2) is 29.7 Å². The zero-order chi connectivity index (χ0) is 25.7. The average Bonchev–Trinajstić information content (AvgIpc) is 3.39. The second kappa shape index (κ2) is 11.2. The van der Waals surface area contributed by atoms with Crippen molar-refractivity contribution >= 4 is 29.1 Å². The number of hydrogen-bond donors (Lipinski definition) is 3. The molecule has 1 aliphatic carbocycles. The van der Waals surface area contributed by atoms with E-state index in [0.717, 1.165) is 50.4 Å². The molecule has 3 aromatic rings. The molecule has 188 valence electrons. The number of anilines is 3. The van der Waals surface area contributed by atoms with Crippen LogP contribution in [0.1, 0.15) is 49.4 Å². The van der Waals surface area contributed by atoms with E-state index in [-0.39, 0.29) is 16.8 Å². The summed E-state index contributed by atoms with van der Waals surface area (Å²) in [6.07, 6.45) is 5.23. The Morgan fingerprint density at radius 2 is 1.69 bits per heavy atom. The van der Waals surface area contributed by atoms with Gasteiger partial charge in [0.15, 0.2) is 0 Å². The smallest absolute Gasteiger partial charge is 0.336 e. The number of aromatic carboxylic acids is 1. The summed E-state index contributed by atoms with van der Waals surface area (Å²) in [4.78, 5) is 27.0. The summed E-state index contributed by atoms with van der Waals surface area (Å²) in [5.41, 5.74) is 1.85. The molecule has 0 aliphatic heterocycles. The molecule has 1 fully saturated rings. The summed E-state index contributed by atoms with van der Waals surface area (Å²) in [5.74, 6) is -2.31. The number of nitrogens with one attached hydrogen (secondary N) is 2. The minimum Gasteiger partial charge on any atom is -0.478 e. The first kappa shape index (κ1) is 25.2. The van der Waals surface area contributed by atoms with Crippen molar-refractivity contribution in [3.05, 3.63) is 77.9 Å². The third-order valence-electron chi connectivity index (χ3n) is 6.43. The number of urea groups is 1. The van der Waals surface area contributed by atoms with E-state index in [4.69, 9.17) is 0 Å². The molecule has 1 saturated carbocycles. The highest BCUT2D eigenvalue weighted by Crippen LogP contribution is 2.37. The second-order valence-electron chi connectivity index (χ2n) is 8.92. The number of carbonyl (C=O) groups is 2. The fourth-order valence-corrected chi connectivity index (χ4v) is 4.79. The molecule has 0 heterocycles. The molecule has 36 heavy (non-hydrogen) atoms. The first-order valence-electron chi connectivity index (χ1n) is 12.1. The molecule has 4 rings (SSSR count). The van der Waals surface area contributed by atoms with Gasteiger partial charge in [-0.15, -0.1) is 0 Å². The van der Waals surface area contributed by atoms with E-state index in [2.05, 4.69) is 22.5 Å². The standard InChI is InChI=1S/C28H29F2N3O3/c1-2-15-33(20-7-3-4-8-20)26-14-11-18(22-17-19(29)12-13-21(22)27(34)35)16-25(26)32-28(36)31-24-10-6-5-9-23(24)30/h5-6,9-14,16-17,20H,2-4,7-8,15H2,1H3,(H,34,35)(H2,31,32,36). The lowest BCUT2D eigenvalue weighted by Gasteiger charge is -2.33. The number of para-hydroxylation sites is 1. The van der Waals surface area contributed by atoms with Gasteiger partial charge in [0, 0.05) is 12.6 Å². The lowest BCUT2D eigenvalue weighted by atomic mass is 9.98. The van der Waals surface area contributed by atoms with Gasteiger partial charge in [0.25, 0.3) is 0 Å². The van der Waals surface area contributed by atoms with Gasteiger partial charge in [-0.05, 0) is 72.9 Å². The van der Waals surface area contributed by atoms with Gasteiger partial charge in [-0.25, -0.2) is 18.4 Å². The molecule has 6 nitrogen and oxygen atoms in total. The highest BCUT2D eigenvalue weighted by atomic mass is 19.1. The predicted molar refractivity (Wildman–Crippen MR) is 138 cm³/mol. The van der Waals surface area contributed by atoms with Crippen LogP contribution in [-0.2, 0) is 0 Å². The third kappa shape index (κ3) is 5.64. The summed E-state index contributed by atoms with van der Waals surface area (Å²) in [7, 11) is 0. The van der Waals surface area contributed by atoms with Crippen LogP contribution in [0.15, 0.2) is 60.7 Å². The Labute approximate surface area is 208 Å². The van der Waals surface area contributed by atoms with Gasteiger partial charge in [-0.2, -0.15) is 0 Å². The van der Waals surface area contributed by atoms with Crippen molar-refractivity contribution in [2.75, 3.05) is 22.1 Å². The van der Waals surface area contributed by atoms with E-state index in [0.29, 0.717) is 17.3 Å². The number of carboxylic acids is 1. The van der Waals surface area contributed by atoms with Crippen LogP contribution in [0.3, 0.4) is 0 Å². The molecular weight excluding hydrogens is 464 g/mol. The molecule has 0 unspecified atom stereocenters. The van der Waals surface area contributed by atoms with Gasteiger partial charge in [-0.1, -0.05) is 38.0 Å². The molecular formula is C28H29F2N3O3. The molecule has 1 aliphatic rings. The Bertz CT molecular complexity index is 1260. The maximum atomic E-state index is 14.1. The summed E-state index contributed by atoms with van der Waals surface area (Å²) < 4.78 is 28.2. The molecule has 0 saturated heterocycles. The lowest BCUT2D eigenvalue weighted by Crippen LogP contribution is -2.35. The van der Waals surface area contributed by atoms with Gasteiger partial charge in [0.05, 0.1) is 22.6 Å². The number of halogens is 2. The van der Waals surface area contributed by atoms with E-state index in [1.807, 2.05) is 6.07 Å². The fourth-order valence-electron chi connectivity index (χ4n) is 4.79. The van der Waals surface area contributed by atoms with Gasteiger partial charge < -0.3 is 20.6 Å². The highest BCUT2D eigenvalue weighted by Gasteiger charge is 2.25. The van der Waals surface area contributed by atoms with Crippen molar-refractivity contribution in [1.29, 1.82) is 0 Å². The van der Waals surface area contributed by atoms with Crippen molar-refractivity contribution in [3.63, 3.8) is 0 Å². The van der Waals surface area contributed by atoms with E-state index >= 15 is 0 Å². The van der Waals surface area contributed by atoms with Crippen LogP contribution in [0.25, 0.3) is 11.1 Å². The van der Waals surface area contributed by atoms with Gasteiger partial charge in [-0.3, -0.25) is 0 Å². The Kier molecular flexibility index (Phi) is 7.83. The fraction of sp³-hybridized carbons (Fsp3) is 0.286. The molecule has 2 amide bonds. The predicted octanol–water partition coefficient (Wildman–Crippen LogP) is 7.13. The summed E-state index contributed by atoms with van der Waals surface area (Å²) >= 11 is 0. The molecule has 3 aromatic carbocycles. The van der Waals surface area contributed by atoms with E-state index in [1.165, 1.54) is 30.3 Å². The van der Waals surface area contributed by atoms with E-state index in [9.17, 15) is 23.5 Å². The summed E-state index contributed by atoms with van der Waals surface area (Å²) in [5, 5.41) is 15.0. The normalized spacial score (nSPS) is 13.4. The SMILES string of the molecule is CCCN(c1ccc(-c2cc(F)ccc2C(=O)O)cc1NC(=O)Nc1ccccc1F)C1CCCC1. The number of amides is 2. The van der Waals surface area contributed by atoms with Gasteiger partial charge >= 0.3 is 12.0 Å².